The Bertz CT molecular complexity index is 1280. The van der Waals surface area contributed by atoms with E-state index in [0.29, 0.717) is 6.07 Å². The van der Waals surface area contributed by atoms with Gasteiger partial charge in [0.2, 0.25) is 0 Å². The number of alkyl halides is 4. The van der Waals surface area contributed by atoms with Crippen LogP contribution in [-0.4, -0.2) is 67.1 Å². The molecule has 0 aliphatic carbocycles. The number of aryl methyl sites for hydroxylation is 1. The minimum absolute atomic E-state index is 0.0439. The summed E-state index contributed by atoms with van der Waals surface area (Å²) in [6.07, 6.45) is -7.94. The van der Waals surface area contributed by atoms with Crippen LogP contribution in [0.5, 0.6) is 0 Å². The Morgan fingerprint density at radius 3 is 2.46 bits per heavy atom. The molecular weight excluding hydrogens is 506 g/mol. The number of aliphatic carboxylic acids is 2. The number of imidazole rings is 1. The van der Waals surface area contributed by atoms with Gasteiger partial charge in [0.15, 0.2) is 17.8 Å². The summed E-state index contributed by atoms with van der Waals surface area (Å²) in [6.45, 7) is 0.839. The van der Waals surface area contributed by atoms with Crippen LogP contribution in [0.25, 0.3) is 11.2 Å². The molecule has 0 fully saturated rings. The van der Waals surface area contributed by atoms with Gasteiger partial charge in [-0.1, -0.05) is 18.2 Å². The van der Waals surface area contributed by atoms with Crippen molar-refractivity contribution >= 4 is 28.9 Å². The molecule has 0 saturated heterocycles. The number of nitrogen functional groups attached to an aromatic ring is 1. The maximum atomic E-state index is 15.2. The van der Waals surface area contributed by atoms with Crippen molar-refractivity contribution in [1.82, 2.24) is 19.5 Å². The van der Waals surface area contributed by atoms with Crippen LogP contribution < -0.4 is 5.73 Å². The fraction of sp³-hybridized carbons (Fsp3) is 0.409. The molecule has 3 aromatic rings. The zero-order valence-electron chi connectivity index (χ0n) is 19.6. The number of hydrogen-bond acceptors (Lipinski definition) is 8. The molecule has 3 rings (SSSR count). The Morgan fingerprint density at radius 1 is 1.19 bits per heavy atom. The van der Waals surface area contributed by atoms with Gasteiger partial charge in [-0.25, -0.2) is 28.9 Å². The number of anilines is 1. The lowest BCUT2D eigenvalue weighted by atomic mass is 9.93. The van der Waals surface area contributed by atoms with Crippen molar-refractivity contribution in [3.63, 3.8) is 0 Å². The molecule has 0 bridgehead atoms. The van der Waals surface area contributed by atoms with Crippen molar-refractivity contribution in [3.8, 4) is 0 Å². The van der Waals surface area contributed by atoms with Gasteiger partial charge in [0.1, 0.15) is 11.3 Å². The molecule has 2 aromatic heterocycles. The van der Waals surface area contributed by atoms with E-state index in [2.05, 4.69) is 15.0 Å². The van der Waals surface area contributed by atoms with Crippen molar-refractivity contribution in [2.75, 3.05) is 19.5 Å². The zero-order chi connectivity index (χ0) is 27.5. The number of nitrogens with zero attached hydrogens (tertiary/aromatic N) is 4. The van der Waals surface area contributed by atoms with E-state index in [-0.39, 0.29) is 28.4 Å². The monoisotopic (exact) mass is 529 g/mol. The maximum Gasteiger partial charge on any atom is 0.416 e. The third kappa shape index (κ3) is 5.94. The van der Waals surface area contributed by atoms with E-state index in [1.807, 2.05) is 0 Å². The van der Waals surface area contributed by atoms with Crippen LogP contribution in [0.2, 0.25) is 0 Å². The molecule has 0 spiro atoms. The van der Waals surface area contributed by atoms with Crippen LogP contribution in [0.4, 0.5) is 23.4 Å². The van der Waals surface area contributed by atoms with Gasteiger partial charge in [0.25, 0.3) is 5.60 Å². The Kier molecular flexibility index (Phi) is 7.97. The first-order valence-corrected chi connectivity index (χ1v) is 10.7. The summed E-state index contributed by atoms with van der Waals surface area (Å²) in [5.74, 6) is -3.59. The van der Waals surface area contributed by atoms with Gasteiger partial charge in [-0.15, -0.1) is 0 Å². The molecule has 15 heteroatoms. The third-order valence-corrected chi connectivity index (χ3v) is 5.57. The Morgan fingerprint density at radius 2 is 1.86 bits per heavy atom. The van der Waals surface area contributed by atoms with Crippen LogP contribution in [0.1, 0.15) is 29.7 Å². The lowest BCUT2D eigenvalue weighted by Crippen LogP contribution is -2.52. The van der Waals surface area contributed by atoms with E-state index >= 15 is 4.39 Å². The molecule has 0 aliphatic rings. The smallest absolute Gasteiger partial charge is 0.416 e. The van der Waals surface area contributed by atoms with Crippen LogP contribution in [0, 0.1) is 6.92 Å². The van der Waals surface area contributed by atoms with Crippen molar-refractivity contribution in [2.45, 2.75) is 43.9 Å². The van der Waals surface area contributed by atoms with E-state index < -0.39 is 61.1 Å². The first-order chi connectivity index (χ1) is 17.3. The maximum absolute atomic E-state index is 15.2. The van der Waals surface area contributed by atoms with E-state index in [1.54, 1.807) is 6.92 Å². The van der Waals surface area contributed by atoms with Gasteiger partial charge >= 0.3 is 18.1 Å². The molecule has 4 N–H and O–H groups in total. The number of carboxylic acid groups (broad SMARTS) is 2. The zero-order valence-corrected chi connectivity index (χ0v) is 19.6. The minimum atomic E-state index is -4.73. The summed E-state index contributed by atoms with van der Waals surface area (Å²) in [7, 11) is 1.17. The van der Waals surface area contributed by atoms with E-state index in [4.69, 9.17) is 15.2 Å². The topological polar surface area (TPSA) is 163 Å². The second-order valence-electron chi connectivity index (χ2n) is 8.13. The third-order valence-electron chi connectivity index (χ3n) is 5.57. The summed E-state index contributed by atoms with van der Waals surface area (Å²) in [5.41, 5.74) is 1.75. The van der Waals surface area contributed by atoms with E-state index in [1.165, 1.54) is 7.11 Å². The van der Waals surface area contributed by atoms with Gasteiger partial charge in [0, 0.05) is 20.0 Å². The highest BCUT2D eigenvalue weighted by molar-refractivity contribution is 6.02. The Balaban J connectivity index is 1.81. The summed E-state index contributed by atoms with van der Waals surface area (Å²) in [4.78, 5) is 36.0. The van der Waals surface area contributed by atoms with Crippen LogP contribution in [0.3, 0.4) is 0 Å². The molecule has 2 atom stereocenters. The van der Waals surface area contributed by atoms with Crippen LogP contribution in [0.15, 0.2) is 30.6 Å². The standard InChI is InChI=1S/C22H23F4N5O6/c1-11-29-17(27)16-18(30-11)31(10-28-16)15(23)7-14(36-2)9-37-21(19(32)33,20(34)35)8-12-4-3-5-13(6-12)22(24,25)26/h3-6,10,14-15H,7-9H2,1-2H3,(H,32,33)(H,34,35)(H2,27,29,30). The molecule has 0 saturated carbocycles. The van der Waals surface area contributed by atoms with Gasteiger partial charge in [0.05, 0.1) is 24.6 Å². The highest BCUT2D eigenvalue weighted by Gasteiger charge is 2.49. The van der Waals surface area contributed by atoms with Gasteiger partial charge < -0.3 is 25.4 Å². The van der Waals surface area contributed by atoms with E-state index in [0.717, 1.165) is 29.1 Å². The number of ether oxygens (including phenoxy) is 2. The summed E-state index contributed by atoms with van der Waals surface area (Å²) in [6, 6.07) is 3.56. The normalized spacial score (nSPS) is 14.0. The Hall–Kier alpha value is -3.85. The molecule has 0 aliphatic heterocycles. The van der Waals surface area contributed by atoms with Gasteiger partial charge in [-0.3, -0.25) is 4.57 Å². The fourth-order valence-corrected chi connectivity index (χ4v) is 3.62. The molecule has 1 aromatic carbocycles. The second kappa shape index (κ2) is 10.6. The minimum Gasteiger partial charge on any atom is -0.479 e. The fourth-order valence-electron chi connectivity index (χ4n) is 3.62. The number of nitrogens with two attached hydrogens (primary N) is 1. The molecular formula is C22H23F4N5O6. The molecule has 0 radical (unpaired) electrons. The highest BCUT2D eigenvalue weighted by atomic mass is 19.4. The highest BCUT2D eigenvalue weighted by Crippen LogP contribution is 2.31. The molecule has 2 heterocycles. The second-order valence-corrected chi connectivity index (χ2v) is 8.13. The summed E-state index contributed by atoms with van der Waals surface area (Å²) >= 11 is 0. The lowest BCUT2D eigenvalue weighted by molar-refractivity contribution is -0.188. The first-order valence-electron chi connectivity index (χ1n) is 10.7. The first kappa shape index (κ1) is 27.7. The lowest BCUT2D eigenvalue weighted by Gasteiger charge is -2.28. The largest absolute Gasteiger partial charge is 0.479 e. The number of aromatic nitrogens is 4. The van der Waals surface area contributed by atoms with Crippen molar-refractivity contribution in [1.29, 1.82) is 0 Å². The van der Waals surface area contributed by atoms with Gasteiger partial charge in [-0.2, -0.15) is 13.2 Å². The number of benzene rings is 1. The van der Waals surface area contributed by atoms with Crippen molar-refractivity contribution in [3.05, 3.63) is 47.5 Å². The molecule has 37 heavy (non-hydrogen) atoms. The van der Waals surface area contributed by atoms with Crippen molar-refractivity contribution in [2.24, 2.45) is 0 Å². The number of halogens is 4. The SMILES string of the molecule is COC(COC(Cc1cccc(C(F)(F)F)c1)(C(=O)O)C(=O)O)CC(F)n1cnc2c(N)nc(C)nc21. The molecule has 200 valence electrons. The van der Waals surface area contributed by atoms with Gasteiger partial charge in [-0.05, 0) is 18.6 Å². The number of fused-ring (bicyclic) bond motifs is 1. The summed E-state index contributed by atoms with van der Waals surface area (Å²) < 4.78 is 65.8. The number of carbonyl (C=O) groups is 2. The number of carboxylic acids is 2. The predicted octanol–water partition coefficient (Wildman–Crippen LogP) is 2.78. The average Bonchev–Trinajstić information content (AvgIpc) is 3.24. The molecule has 0 amide bonds. The molecule has 11 nitrogen and oxygen atoms in total. The Labute approximate surface area is 206 Å². The van der Waals surface area contributed by atoms with Crippen molar-refractivity contribution < 1.29 is 46.8 Å². The quantitative estimate of drug-likeness (QED) is 0.249. The number of methoxy groups -OCH3 is 1. The number of rotatable bonds is 11. The predicted molar refractivity (Wildman–Crippen MR) is 119 cm³/mol. The summed E-state index contributed by atoms with van der Waals surface area (Å²) in [5, 5.41) is 19.4. The average molecular weight is 529 g/mol. The van der Waals surface area contributed by atoms with Crippen LogP contribution >= 0.6 is 0 Å². The van der Waals surface area contributed by atoms with E-state index in [9.17, 15) is 33.0 Å². The van der Waals surface area contributed by atoms with Crippen LogP contribution in [-0.2, 0) is 31.7 Å². The number of hydrogen-bond donors (Lipinski definition) is 3. The molecule has 2 unspecified atom stereocenters.